The Kier molecular flexibility index (Phi) is 2.87. The van der Waals surface area contributed by atoms with E-state index in [0.29, 0.717) is 6.04 Å². The van der Waals surface area contributed by atoms with Gasteiger partial charge in [-0.3, -0.25) is 0 Å². The lowest BCUT2D eigenvalue weighted by atomic mass is 10.0. The molecule has 1 fully saturated rings. The van der Waals surface area contributed by atoms with Gasteiger partial charge in [0.15, 0.2) is 5.65 Å². The van der Waals surface area contributed by atoms with Crippen LogP contribution in [0.15, 0.2) is 23.0 Å². The minimum Gasteiger partial charge on any atom is -0.310 e. The van der Waals surface area contributed by atoms with E-state index in [-0.39, 0.29) is 5.69 Å². The second-order valence-corrected chi connectivity index (χ2v) is 6.40. The first kappa shape index (κ1) is 13.5. The molecule has 0 radical (unpaired) electrons. The predicted molar refractivity (Wildman–Crippen MR) is 87.3 cm³/mol. The number of rotatable bonds is 3. The molecule has 0 unspecified atom stereocenters. The van der Waals surface area contributed by atoms with Gasteiger partial charge in [0.1, 0.15) is 0 Å². The highest BCUT2D eigenvalue weighted by Gasteiger charge is 2.21. The van der Waals surface area contributed by atoms with Gasteiger partial charge in [-0.15, -0.1) is 5.10 Å². The molecule has 0 aliphatic heterocycles. The van der Waals surface area contributed by atoms with Gasteiger partial charge in [-0.25, -0.2) is 13.9 Å². The van der Waals surface area contributed by atoms with Gasteiger partial charge in [0.2, 0.25) is 0 Å². The molecule has 22 heavy (non-hydrogen) atoms. The molecule has 5 nitrogen and oxygen atoms in total. The maximum absolute atomic E-state index is 12.5. The Labute approximate surface area is 128 Å². The summed E-state index contributed by atoms with van der Waals surface area (Å²) in [5.41, 5.74) is 5.06. The largest absolute Gasteiger partial charge is 0.350 e. The Bertz CT molecular complexity index is 947. The highest BCUT2D eigenvalue weighted by molar-refractivity contribution is 5.87. The zero-order chi connectivity index (χ0) is 15.4. The van der Waals surface area contributed by atoms with E-state index in [1.54, 1.807) is 11.4 Å². The maximum Gasteiger partial charge on any atom is 0.350 e. The molecule has 1 aliphatic rings. The molecule has 0 spiro atoms. The van der Waals surface area contributed by atoms with Crippen LogP contribution in [0.5, 0.6) is 0 Å². The number of fused-ring (bicyclic) bond motifs is 3. The van der Waals surface area contributed by atoms with Crippen molar-refractivity contribution in [3.63, 3.8) is 0 Å². The number of benzene rings is 1. The lowest BCUT2D eigenvalue weighted by Gasteiger charge is -2.10. The van der Waals surface area contributed by atoms with Crippen molar-refractivity contribution in [3.8, 4) is 0 Å². The summed E-state index contributed by atoms with van der Waals surface area (Å²) in [5.74, 6) is 0. The number of nitrogens with zero attached hydrogens (tertiary/aromatic N) is 3. The van der Waals surface area contributed by atoms with Crippen molar-refractivity contribution in [2.45, 2.75) is 39.3 Å². The minimum absolute atomic E-state index is 0.0849. The van der Waals surface area contributed by atoms with Crippen LogP contribution >= 0.6 is 0 Å². The first-order valence-corrected chi connectivity index (χ1v) is 7.76. The van der Waals surface area contributed by atoms with E-state index in [9.17, 15) is 4.79 Å². The lowest BCUT2D eigenvalue weighted by molar-refractivity contribution is 0.687. The van der Waals surface area contributed by atoms with E-state index in [4.69, 9.17) is 0 Å². The van der Waals surface area contributed by atoms with Crippen molar-refractivity contribution >= 4 is 16.6 Å². The second kappa shape index (κ2) is 4.68. The number of hydrogen-bond acceptors (Lipinski definition) is 3. The summed E-state index contributed by atoms with van der Waals surface area (Å²) < 4.78 is 3.17. The first-order chi connectivity index (χ1) is 10.5. The molecular weight excluding hydrogens is 276 g/mol. The van der Waals surface area contributed by atoms with Gasteiger partial charge in [0, 0.05) is 30.6 Å². The molecule has 0 saturated heterocycles. The number of nitrogens with one attached hydrogen (secondary N) is 1. The third kappa shape index (κ3) is 2.04. The molecule has 1 saturated carbocycles. The average molecular weight is 296 g/mol. The van der Waals surface area contributed by atoms with Crippen molar-refractivity contribution in [3.05, 3.63) is 45.4 Å². The van der Waals surface area contributed by atoms with E-state index in [2.05, 4.69) is 42.5 Å². The molecule has 0 bridgehead atoms. The second-order valence-electron chi connectivity index (χ2n) is 6.40. The molecule has 1 aliphatic carbocycles. The fourth-order valence-corrected chi connectivity index (χ4v) is 3.13. The highest BCUT2D eigenvalue weighted by Crippen LogP contribution is 2.25. The number of hydrogen-bond donors (Lipinski definition) is 1. The van der Waals surface area contributed by atoms with Crippen LogP contribution in [0, 0.1) is 13.8 Å². The minimum atomic E-state index is -0.0849. The molecule has 3 aromatic rings. The van der Waals surface area contributed by atoms with Gasteiger partial charge >= 0.3 is 5.69 Å². The van der Waals surface area contributed by atoms with Crippen molar-refractivity contribution in [2.24, 2.45) is 7.05 Å². The van der Waals surface area contributed by atoms with Crippen LogP contribution < -0.4 is 11.0 Å². The van der Waals surface area contributed by atoms with E-state index in [1.807, 2.05) is 0 Å². The highest BCUT2D eigenvalue weighted by atomic mass is 16.2. The number of pyridine rings is 1. The average Bonchev–Trinajstić information content (AvgIpc) is 3.24. The standard InChI is InChI=1S/C17H20N4O/c1-10-6-11(2)14-8-12(9-18-13-4-5-13)16-19-20(3)17(22)21(16)15(14)7-10/h6-8,13,18H,4-5,9H2,1-3H3. The summed E-state index contributed by atoms with van der Waals surface area (Å²) in [4.78, 5) is 12.5. The van der Waals surface area contributed by atoms with Gasteiger partial charge in [-0.2, -0.15) is 0 Å². The van der Waals surface area contributed by atoms with Gasteiger partial charge in [-0.05, 0) is 49.9 Å². The zero-order valence-electron chi connectivity index (χ0n) is 13.2. The van der Waals surface area contributed by atoms with Crippen molar-refractivity contribution < 1.29 is 0 Å². The summed E-state index contributed by atoms with van der Waals surface area (Å²) in [7, 11) is 1.71. The van der Waals surface area contributed by atoms with Crippen molar-refractivity contribution in [1.29, 1.82) is 0 Å². The molecular formula is C17H20N4O. The van der Waals surface area contributed by atoms with E-state index in [0.717, 1.165) is 34.2 Å². The van der Waals surface area contributed by atoms with Crippen molar-refractivity contribution in [2.75, 3.05) is 0 Å². The predicted octanol–water partition coefficient (Wildman–Crippen LogP) is 2.06. The fourth-order valence-electron chi connectivity index (χ4n) is 3.13. The third-order valence-corrected chi connectivity index (χ3v) is 4.44. The Morgan fingerprint density at radius 1 is 1.27 bits per heavy atom. The van der Waals surface area contributed by atoms with E-state index in [1.165, 1.54) is 23.1 Å². The van der Waals surface area contributed by atoms with Gasteiger partial charge < -0.3 is 5.32 Å². The van der Waals surface area contributed by atoms with Crippen LogP contribution in [-0.2, 0) is 13.6 Å². The Balaban J connectivity index is 2.05. The molecule has 2 heterocycles. The lowest BCUT2D eigenvalue weighted by Crippen LogP contribution is -2.19. The summed E-state index contributed by atoms with van der Waals surface area (Å²) in [6.45, 7) is 4.91. The molecule has 0 atom stereocenters. The van der Waals surface area contributed by atoms with Gasteiger partial charge in [-0.1, -0.05) is 6.07 Å². The molecule has 0 amide bonds. The summed E-state index contributed by atoms with van der Waals surface area (Å²) in [5, 5.41) is 9.10. The first-order valence-electron chi connectivity index (χ1n) is 7.76. The normalized spacial score (nSPS) is 15.0. The monoisotopic (exact) mass is 296 g/mol. The topological polar surface area (TPSA) is 51.3 Å². The molecule has 114 valence electrons. The van der Waals surface area contributed by atoms with Crippen LogP contribution in [0.25, 0.3) is 16.6 Å². The summed E-state index contributed by atoms with van der Waals surface area (Å²) in [6.07, 6.45) is 2.49. The van der Waals surface area contributed by atoms with Gasteiger partial charge in [0.05, 0.1) is 5.52 Å². The van der Waals surface area contributed by atoms with Gasteiger partial charge in [0.25, 0.3) is 0 Å². The summed E-state index contributed by atoms with van der Waals surface area (Å²) in [6, 6.07) is 7.04. The Morgan fingerprint density at radius 2 is 2.05 bits per heavy atom. The maximum atomic E-state index is 12.5. The van der Waals surface area contributed by atoms with Crippen LogP contribution in [-0.4, -0.2) is 20.2 Å². The van der Waals surface area contributed by atoms with E-state index < -0.39 is 0 Å². The van der Waals surface area contributed by atoms with Crippen LogP contribution in [0.4, 0.5) is 0 Å². The Hall–Kier alpha value is -2.14. The molecule has 2 aromatic heterocycles. The van der Waals surface area contributed by atoms with Crippen LogP contribution in [0.3, 0.4) is 0 Å². The molecule has 5 heteroatoms. The summed E-state index contributed by atoms with van der Waals surface area (Å²) >= 11 is 0. The zero-order valence-corrected chi connectivity index (χ0v) is 13.2. The van der Waals surface area contributed by atoms with Crippen LogP contribution in [0.2, 0.25) is 0 Å². The van der Waals surface area contributed by atoms with E-state index >= 15 is 0 Å². The SMILES string of the molecule is Cc1cc(C)c2cc(CNC3CC3)c3nn(C)c(=O)n3c2c1. The molecule has 4 rings (SSSR count). The molecule has 1 aromatic carbocycles. The number of aryl methyl sites for hydroxylation is 3. The third-order valence-electron chi connectivity index (χ3n) is 4.44. The van der Waals surface area contributed by atoms with Crippen LogP contribution in [0.1, 0.15) is 29.5 Å². The smallest absolute Gasteiger partial charge is 0.310 e. The molecule has 1 N–H and O–H groups in total. The quantitative estimate of drug-likeness (QED) is 0.805. The fraction of sp³-hybridized carbons (Fsp3) is 0.412. The van der Waals surface area contributed by atoms with Crippen molar-refractivity contribution in [1.82, 2.24) is 19.5 Å². The number of aromatic nitrogens is 3. The Morgan fingerprint density at radius 3 is 2.77 bits per heavy atom.